The van der Waals surface area contributed by atoms with Gasteiger partial charge in [0.1, 0.15) is 0 Å². The quantitative estimate of drug-likeness (QED) is 0.464. The maximum absolute atomic E-state index is 4.58. The molecule has 1 aromatic carbocycles. The Kier molecular flexibility index (Phi) is 2.77. The monoisotopic (exact) mass is 149 g/mol. The fraction of sp³-hybridized carbons (Fsp3) is 0. The summed E-state index contributed by atoms with van der Waals surface area (Å²) in [7, 11) is 0. The Bertz CT molecular complexity index is 228. The molecule has 2 heteroatoms. The minimum atomic E-state index is 0.934. The van der Waals surface area contributed by atoms with Crippen LogP contribution in [0.4, 0.5) is 5.69 Å². The SMILES string of the molecule is S=CC=Nc1ccccc1. The highest BCUT2D eigenvalue weighted by molar-refractivity contribution is 7.80. The molecule has 0 bridgehead atoms. The van der Waals surface area contributed by atoms with Gasteiger partial charge in [-0.15, -0.1) is 0 Å². The summed E-state index contributed by atoms with van der Waals surface area (Å²) in [5.74, 6) is 0. The van der Waals surface area contributed by atoms with Gasteiger partial charge in [-0.05, 0) is 12.1 Å². The van der Waals surface area contributed by atoms with Crippen molar-refractivity contribution in [1.29, 1.82) is 0 Å². The van der Waals surface area contributed by atoms with E-state index in [1.54, 1.807) is 6.21 Å². The molecular weight excluding hydrogens is 142 g/mol. The van der Waals surface area contributed by atoms with E-state index < -0.39 is 0 Å². The molecule has 1 rings (SSSR count). The van der Waals surface area contributed by atoms with E-state index in [-0.39, 0.29) is 0 Å². The molecule has 0 spiro atoms. The zero-order valence-electron chi connectivity index (χ0n) is 5.40. The molecule has 0 aliphatic rings. The van der Waals surface area contributed by atoms with E-state index in [1.807, 2.05) is 30.3 Å². The van der Waals surface area contributed by atoms with Gasteiger partial charge in [-0.25, -0.2) is 0 Å². The van der Waals surface area contributed by atoms with Crippen LogP contribution in [0.3, 0.4) is 0 Å². The minimum absolute atomic E-state index is 0.934. The van der Waals surface area contributed by atoms with E-state index in [1.165, 1.54) is 5.37 Å². The smallest absolute Gasteiger partial charge is 0.0629 e. The lowest BCUT2D eigenvalue weighted by molar-refractivity contribution is 1.55. The van der Waals surface area contributed by atoms with Crippen molar-refractivity contribution in [2.24, 2.45) is 4.99 Å². The molecule has 0 radical (unpaired) electrons. The first-order valence-electron chi connectivity index (χ1n) is 2.96. The van der Waals surface area contributed by atoms with Gasteiger partial charge < -0.3 is 0 Å². The predicted octanol–water partition coefficient (Wildman–Crippen LogP) is 2.39. The van der Waals surface area contributed by atoms with Gasteiger partial charge in [0.05, 0.1) is 5.69 Å². The third-order valence-corrected chi connectivity index (χ3v) is 1.16. The Labute approximate surface area is 65.4 Å². The van der Waals surface area contributed by atoms with Crippen LogP contribution in [0, 0.1) is 0 Å². The molecule has 0 amide bonds. The maximum Gasteiger partial charge on any atom is 0.0629 e. The molecule has 0 N–H and O–H groups in total. The number of hydrogen-bond donors (Lipinski definition) is 0. The fourth-order valence-electron chi connectivity index (χ4n) is 0.631. The van der Waals surface area contributed by atoms with Crippen LogP contribution in [0.15, 0.2) is 35.3 Å². The van der Waals surface area contributed by atoms with Crippen LogP contribution in [0.2, 0.25) is 0 Å². The summed E-state index contributed by atoms with van der Waals surface area (Å²) in [6.07, 6.45) is 1.60. The zero-order valence-corrected chi connectivity index (χ0v) is 6.21. The molecule has 0 saturated carbocycles. The lowest BCUT2D eigenvalue weighted by Gasteiger charge is -1.86. The van der Waals surface area contributed by atoms with E-state index in [9.17, 15) is 0 Å². The summed E-state index contributed by atoms with van der Waals surface area (Å²) < 4.78 is 0. The highest BCUT2D eigenvalue weighted by Crippen LogP contribution is 2.07. The minimum Gasteiger partial charge on any atom is -0.256 e. The van der Waals surface area contributed by atoms with Crippen LogP contribution >= 0.6 is 12.2 Å². The van der Waals surface area contributed by atoms with Crippen LogP contribution in [-0.4, -0.2) is 11.6 Å². The molecule has 50 valence electrons. The summed E-state index contributed by atoms with van der Waals surface area (Å²) in [5.41, 5.74) is 0.934. The molecular formula is C8H7NS. The number of nitrogens with zero attached hydrogens (tertiary/aromatic N) is 1. The second kappa shape index (κ2) is 3.90. The zero-order chi connectivity index (χ0) is 7.23. The van der Waals surface area contributed by atoms with Crippen LogP contribution in [-0.2, 0) is 0 Å². The molecule has 0 aromatic heterocycles. The van der Waals surface area contributed by atoms with E-state index in [0.717, 1.165) is 5.69 Å². The summed E-state index contributed by atoms with van der Waals surface area (Å²) in [6, 6.07) is 9.69. The fourth-order valence-corrected chi connectivity index (χ4v) is 0.691. The lowest BCUT2D eigenvalue weighted by Crippen LogP contribution is -1.67. The molecule has 0 aliphatic heterocycles. The topological polar surface area (TPSA) is 12.4 Å². The van der Waals surface area contributed by atoms with Crippen molar-refractivity contribution in [2.75, 3.05) is 0 Å². The van der Waals surface area contributed by atoms with Gasteiger partial charge >= 0.3 is 0 Å². The third-order valence-electron chi connectivity index (χ3n) is 1.04. The van der Waals surface area contributed by atoms with Gasteiger partial charge in [0.2, 0.25) is 0 Å². The summed E-state index contributed by atoms with van der Waals surface area (Å²) >= 11 is 4.58. The first-order chi connectivity index (χ1) is 4.93. The largest absolute Gasteiger partial charge is 0.256 e. The molecule has 1 aromatic rings. The maximum atomic E-state index is 4.58. The van der Waals surface area contributed by atoms with Gasteiger partial charge in [0.15, 0.2) is 0 Å². The van der Waals surface area contributed by atoms with E-state index in [4.69, 9.17) is 0 Å². The van der Waals surface area contributed by atoms with Crippen molar-refractivity contribution < 1.29 is 0 Å². The van der Waals surface area contributed by atoms with Crippen molar-refractivity contribution in [3.8, 4) is 0 Å². The first-order valence-corrected chi connectivity index (χ1v) is 3.43. The molecule has 1 nitrogen and oxygen atoms in total. The average Bonchev–Trinajstić information content (AvgIpc) is 2.03. The van der Waals surface area contributed by atoms with Crippen molar-refractivity contribution in [1.82, 2.24) is 0 Å². The molecule has 0 heterocycles. The Hall–Kier alpha value is -1.02. The predicted molar refractivity (Wildman–Crippen MR) is 48.2 cm³/mol. The van der Waals surface area contributed by atoms with E-state index in [2.05, 4.69) is 17.2 Å². The summed E-state index contributed by atoms with van der Waals surface area (Å²) in [5, 5.41) is 1.49. The molecule has 0 unspecified atom stereocenters. The van der Waals surface area contributed by atoms with Gasteiger partial charge in [-0.1, -0.05) is 30.4 Å². The standard InChI is InChI=1S/C8H7NS/c10-7-6-9-8-4-2-1-3-5-8/h1-7H. The number of benzene rings is 1. The summed E-state index contributed by atoms with van der Waals surface area (Å²) in [4.78, 5) is 4.04. The lowest BCUT2D eigenvalue weighted by atomic mass is 10.3. The van der Waals surface area contributed by atoms with E-state index in [0.29, 0.717) is 0 Å². The number of para-hydroxylation sites is 1. The molecule has 10 heavy (non-hydrogen) atoms. The van der Waals surface area contributed by atoms with Gasteiger partial charge in [-0.3, -0.25) is 4.99 Å². The van der Waals surface area contributed by atoms with Crippen molar-refractivity contribution >= 4 is 29.5 Å². The van der Waals surface area contributed by atoms with Crippen LogP contribution in [0.25, 0.3) is 0 Å². The van der Waals surface area contributed by atoms with Crippen molar-refractivity contribution in [3.05, 3.63) is 30.3 Å². The Morgan fingerprint density at radius 2 is 1.90 bits per heavy atom. The van der Waals surface area contributed by atoms with Crippen LogP contribution in [0.5, 0.6) is 0 Å². The number of aliphatic imine (C=N–C) groups is 1. The Balaban J connectivity index is 2.76. The Morgan fingerprint density at radius 3 is 2.50 bits per heavy atom. The molecule has 0 atom stereocenters. The highest BCUT2D eigenvalue weighted by atomic mass is 32.1. The number of rotatable bonds is 2. The highest BCUT2D eigenvalue weighted by Gasteiger charge is 1.79. The van der Waals surface area contributed by atoms with E-state index >= 15 is 0 Å². The Morgan fingerprint density at radius 1 is 1.20 bits per heavy atom. The van der Waals surface area contributed by atoms with Crippen LogP contribution in [0.1, 0.15) is 0 Å². The summed E-state index contributed by atoms with van der Waals surface area (Å²) in [6.45, 7) is 0. The third kappa shape index (κ3) is 2.07. The number of hydrogen-bond acceptors (Lipinski definition) is 2. The molecule has 0 aliphatic carbocycles. The molecule has 0 saturated heterocycles. The second-order valence-corrected chi connectivity index (χ2v) is 2.02. The first kappa shape index (κ1) is 7.09. The van der Waals surface area contributed by atoms with Crippen molar-refractivity contribution in [3.63, 3.8) is 0 Å². The second-order valence-electron chi connectivity index (χ2n) is 1.75. The number of thiocarbonyl (C=S) groups is 1. The van der Waals surface area contributed by atoms with Gasteiger partial charge in [0.25, 0.3) is 0 Å². The average molecular weight is 149 g/mol. The van der Waals surface area contributed by atoms with Gasteiger partial charge in [-0.2, -0.15) is 0 Å². The van der Waals surface area contributed by atoms with Crippen molar-refractivity contribution in [2.45, 2.75) is 0 Å². The molecule has 0 fully saturated rings. The van der Waals surface area contributed by atoms with Crippen LogP contribution < -0.4 is 0 Å². The normalized spacial score (nSPS) is 10.0. The van der Waals surface area contributed by atoms with Gasteiger partial charge in [0, 0.05) is 11.6 Å².